The van der Waals surface area contributed by atoms with E-state index in [0.717, 1.165) is 5.56 Å². The highest BCUT2D eigenvalue weighted by Gasteiger charge is 2.27. The van der Waals surface area contributed by atoms with Gasteiger partial charge in [0.15, 0.2) is 0 Å². The largest absolute Gasteiger partial charge is 0.465 e. The molecule has 30 heavy (non-hydrogen) atoms. The summed E-state index contributed by atoms with van der Waals surface area (Å²) in [6.45, 7) is 5.17. The predicted octanol–water partition coefficient (Wildman–Crippen LogP) is -0.117. The minimum atomic E-state index is -0.893. The number of esters is 1. The van der Waals surface area contributed by atoms with Crippen molar-refractivity contribution in [1.82, 2.24) is 16.0 Å². The molecule has 0 aliphatic carbocycles. The number of rotatable bonds is 12. The van der Waals surface area contributed by atoms with Crippen molar-refractivity contribution in [1.29, 1.82) is 0 Å². The van der Waals surface area contributed by atoms with Crippen molar-refractivity contribution >= 4 is 23.7 Å². The second-order valence-electron chi connectivity index (χ2n) is 7.23. The Labute approximate surface area is 177 Å². The minimum absolute atomic E-state index is 0.106. The normalized spacial score (nSPS) is 12.6. The van der Waals surface area contributed by atoms with Crippen molar-refractivity contribution < 1.29 is 23.9 Å². The third kappa shape index (κ3) is 9.51. The van der Waals surface area contributed by atoms with Gasteiger partial charge in [0.25, 0.3) is 0 Å². The number of carbonyl (C=O) groups excluding carboxylic acids is 4. The maximum Gasteiger partial charge on any atom is 0.325 e. The fourth-order valence-corrected chi connectivity index (χ4v) is 2.78. The fourth-order valence-electron chi connectivity index (χ4n) is 2.78. The van der Waals surface area contributed by atoms with E-state index >= 15 is 0 Å². The minimum Gasteiger partial charge on any atom is -0.465 e. The molecule has 0 aliphatic rings. The van der Waals surface area contributed by atoms with Gasteiger partial charge < -0.3 is 26.4 Å². The lowest BCUT2D eigenvalue weighted by Gasteiger charge is -2.24. The van der Waals surface area contributed by atoms with E-state index in [1.54, 1.807) is 6.92 Å². The average molecular weight is 421 g/mol. The molecule has 2 atom stereocenters. The summed E-state index contributed by atoms with van der Waals surface area (Å²) in [7, 11) is 0. The lowest BCUT2D eigenvalue weighted by atomic mass is 10.0. The summed E-state index contributed by atoms with van der Waals surface area (Å²) < 4.78 is 4.79. The molecule has 0 spiro atoms. The third-order valence-corrected chi connectivity index (χ3v) is 4.17. The molecule has 0 bridgehead atoms. The van der Waals surface area contributed by atoms with Crippen LogP contribution in [0.3, 0.4) is 0 Å². The molecule has 0 saturated heterocycles. The van der Waals surface area contributed by atoms with Crippen LogP contribution in [-0.4, -0.2) is 55.5 Å². The Morgan fingerprint density at radius 2 is 1.67 bits per heavy atom. The Balaban J connectivity index is 2.87. The lowest BCUT2D eigenvalue weighted by Crippen LogP contribution is -2.55. The number of benzene rings is 1. The first-order valence-corrected chi connectivity index (χ1v) is 10.0. The van der Waals surface area contributed by atoms with Crippen LogP contribution in [-0.2, 0) is 30.3 Å². The van der Waals surface area contributed by atoms with Gasteiger partial charge >= 0.3 is 5.97 Å². The van der Waals surface area contributed by atoms with Gasteiger partial charge in [0.1, 0.15) is 18.6 Å². The van der Waals surface area contributed by atoms with Crippen LogP contribution in [0.4, 0.5) is 0 Å². The van der Waals surface area contributed by atoms with Crippen LogP contribution >= 0.6 is 0 Å². The average Bonchev–Trinajstić information content (AvgIpc) is 2.71. The molecule has 0 aliphatic heterocycles. The molecule has 2 unspecified atom stereocenters. The molecule has 0 radical (unpaired) electrons. The summed E-state index contributed by atoms with van der Waals surface area (Å²) in [5.41, 5.74) is 6.22. The van der Waals surface area contributed by atoms with Gasteiger partial charge in [-0.25, -0.2) is 0 Å². The maximum atomic E-state index is 12.9. The molecule has 0 saturated carbocycles. The van der Waals surface area contributed by atoms with Crippen molar-refractivity contribution in [2.45, 2.75) is 45.7 Å². The van der Waals surface area contributed by atoms with E-state index in [4.69, 9.17) is 10.5 Å². The van der Waals surface area contributed by atoms with Gasteiger partial charge in [-0.3, -0.25) is 19.2 Å². The molecule has 9 heteroatoms. The van der Waals surface area contributed by atoms with Gasteiger partial charge in [-0.1, -0.05) is 44.2 Å². The first-order valence-electron chi connectivity index (χ1n) is 10.0. The standard InChI is InChI=1S/C21H32N4O5/c1-4-30-19(27)13-23-20(28)16(10-14(2)3)25-21(29)17(24-18(26)12-22)11-15-8-6-5-7-9-15/h5-9,14,16-17H,4,10-13,22H2,1-3H3,(H,23,28)(H,24,26)(H,25,29). The Kier molecular flexibility index (Phi) is 11.1. The Bertz CT molecular complexity index is 709. The fraction of sp³-hybridized carbons (Fsp3) is 0.524. The van der Waals surface area contributed by atoms with Gasteiger partial charge in [-0.15, -0.1) is 0 Å². The van der Waals surface area contributed by atoms with Crippen LogP contribution in [0.5, 0.6) is 0 Å². The van der Waals surface area contributed by atoms with E-state index in [2.05, 4.69) is 16.0 Å². The van der Waals surface area contributed by atoms with Crippen LogP contribution in [0.1, 0.15) is 32.8 Å². The third-order valence-electron chi connectivity index (χ3n) is 4.17. The molecule has 166 valence electrons. The number of nitrogens with one attached hydrogen (secondary N) is 3. The SMILES string of the molecule is CCOC(=O)CNC(=O)C(CC(C)C)NC(=O)C(Cc1ccccc1)NC(=O)CN. The van der Waals surface area contributed by atoms with Gasteiger partial charge in [-0.05, 0) is 24.8 Å². The Hall–Kier alpha value is -2.94. The Morgan fingerprint density at radius 3 is 2.23 bits per heavy atom. The second-order valence-corrected chi connectivity index (χ2v) is 7.23. The maximum absolute atomic E-state index is 12.9. The van der Waals surface area contributed by atoms with E-state index in [-0.39, 0.29) is 32.0 Å². The molecule has 1 aromatic carbocycles. The number of nitrogens with two attached hydrogens (primary N) is 1. The molecule has 3 amide bonds. The molecule has 0 fully saturated rings. The zero-order valence-corrected chi connectivity index (χ0v) is 17.8. The van der Waals surface area contributed by atoms with Crippen molar-refractivity contribution in [2.24, 2.45) is 11.7 Å². The number of hydrogen-bond acceptors (Lipinski definition) is 6. The van der Waals surface area contributed by atoms with Gasteiger partial charge in [0.05, 0.1) is 13.2 Å². The highest BCUT2D eigenvalue weighted by molar-refractivity contribution is 5.93. The summed E-state index contributed by atoms with van der Waals surface area (Å²) in [4.78, 5) is 48.7. The molecule has 0 aromatic heterocycles. The van der Waals surface area contributed by atoms with Crippen molar-refractivity contribution in [3.63, 3.8) is 0 Å². The first kappa shape index (κ1) is 25.1. The predicted molar refractivity (Wildman–Crippen MR) is 112 cm³/mol. The Morgan fingerprint density at radius 1 is 1.00 bits per heavy atom. The van der Waals surface area contributed by atoms with E-state index < -0.39 is 35.8 Å². The van der Waals surface area contributed by atoms with Gasteiger partial charge in [0.2, 0.25) is 17.7 Å². The van der Waals surface area contributed by atoms with Crippen molar-refractivity contribution in [3.05, 3.63) is 35.9 Å². The monoisotopic (exact) mass is 420 g/mol. The molecule has 0 heterocycles. The van der Waals surface area contributed by atoms with Crippen LogP contribution < -0.4 is 21.7 Å². The van der Waals surface area contributed by atoms with Crippen LogP contribution in [0.15, 0.2) is 30.3 Å². The second kappa shape index (κ2) is 13.3. The van der Waals surface area contributed by atoms with Crippen LogP contribution in [0.2, 0.25) is 0 Å². The van der Waals surface area contributed by atoms with Crippen LogP contribution in [0.25, 0.3) is 0 Å². The number of ether oxygens (including phenoxy) is 1. The molecule has 9 nitrogen and oxygen atoms in total. The zero-order chi connectivity index (χ0) is 22.5. The van der Waals surface area contributed by atoms with E-state index in [1.807, 2.05) is 44.2 Å². The number of carbonyl (C=O) groups is 4. The summed E-state index contributed by atoms with van der Waals surface area (Å²) >= 11 is 0. The number of hydrogen-bond donors (Lipinski definition) is 4. The summed E-state index contributed by atoms with van der Waals surface area (Å²) in [5.74, 6) is -1.92. The molecule has 5 N–H and O–H groups in total. The smallest absolute Gasteiger partial charge is 0.325 e. The van der Waals surface area contributed by atoms with Crippen molar-refractivity contribution in [2.75, 3.05) is 19.7 Å². The topological polar surface area (TPSA) is 140 Å². The molecular formula is C21H32N4O5. The van der Waals surface area contributed by atoms with Crippen molar-refractivity contribution in [3.8, 4) is 0 Å². The number of amides is 3. The molecular weight excluding hydrogens is 388 g/mol. The highest BCUT2D eigenvalue weighted by Crippen LogP contribution is 2.08. The first-order chi connectivity index (χ1) is 14.3. The summed E-state index contributed by atoms with van der Waals surface area (Å²) in [6.07, 6.45) is 0.612. The zero-order valence-electron chi connectivity index (χ0n) is 17.8. The van der Waals surface area contributed by atoms with Crippen LogP contribution in [0, 0.1) is 5.92 Å². The van der Waals surface area contributed by atoms with Gasteiger partial charge in [-0.2, -0.15) is 0 Å². The molecule has 1 rings (SSSR count). The summed E-state index contributed by atoms with van der Waals surface area (Å²) in [5, 5.41) is 7.78. The molecule has 1 aromatic rings. The lowest BCUT2D eigenvalue weighted by molar-refractivity contribution is -0.143. The summed E-state index contributed by atoms with van der Waals surface area (Å²) in [6, 6.07) is 7.44. The van der Waals surface area contributed by atoms with E-state index in [0.29, 0.717) is 6.42 Å². The van der Waals surface area contributed by atoms with E-state index in [9.17, 15) is 19.2 Å². The quantitative estimate of drug-likeness (QED) is 0.348. The van der Waals surface area contributed by atoms with Gasteiger partial charge in [0, 0.05) is 6.42 Å². The highest BCUT2D eigenvalue weighted by atomic mass is 16.5. The van der Waals surface area contributed by atoms with E-state index in [1.165, 1.54) is 0 Å².